The van der Waals surface area contributed by atoms with Gasteiger partial charge in [0, 0.05) is 0 Å². The van der Waals surface area contributed by atoms with Crippen LogP contribution in [0.3, 0.4) is 0 Å². The molecular weight excluding hydrogens is 205 g/mol. The smallest absolute Gasteiger partial charge is 0.406 e. The molecule has 0 N–H and O–H groups in total. The zero-order valence-corrected chi connectivity index (χ0v) is 7.93. The van der Waals surface area contributed by atoms with Gasteiger partial charge >= 0.3 is 6.36 Å². The van der Waals surface area contributed by atoms with E-state index < -0.39 is 6.36 Å². The predicted octanol–water partition coefficient (Wildman–Crippen LogP) is 4.34. The molecule has 1 rings (SSSR count). The second-order valence-electron chi connectivity index (χ2n) is 3.27. The fraction of sp³-hybridized carbons (Fsp3) is 0.455. The van der Waals surface area contributed by atoms with Gasteiger partial charge in [0.1, 0.15) is 5.75 Å². The lowest BCUT2D eigenvalue weighted by molar-refractivity contribution is -0.274. The summed E-state index contributed by atoms with van der Waals surface area (Å²) in [5.74, 6) is 0.0236. The predicted molar refractivity (Wildman–Crippen MR) is 53.9 cm³/mol. The number of alkyl halides is 3. The lowest BCUT2D eigenvalue weighted by atomic mass is 10.0. The van der Waals surface area contributed by atoms with E-state index in [4.69, 9.17) is 0 Å². The Labute approximate surface area is 87.9 Å². The molecule has 0 saturated carbocycles. The van der Waals surface area contributed by atoms with Crippen molar-refractivity contribution in [2.24, 2.45) is 0 Å². The van der Waals surface area contributed by atoms with E-state index in [-0.39, 0.29) is 19.1 Å². The van der Waals surface area contributed by atoms with Gasteiger partial charge in [0.25, 0.3) is 0 Å². The Morgan fingerprint density at radius 1 is 1.20 bits per heavy atom. The summed E-state index contributed by atoms with van der Waals surface area (Å²) in [4.78, 5) is 0. The molecule has 0 aromatic heterocycles. The minimum absolute atomic E-state index is 0. The van der Waals surface area contributed by atoms with Gasteiger partial charge in [0.15, 0.2) is 0 Å². The molecule has 86 valence electrons. The first-order chi connectivity index (χ1) is 6.38. The average Bonchev–Trinajstić information content (AvgIpc) is 2.01. The van der Waals surface area contributed by atoms with Gasteiger partial charge in [-0.15, -0.1) is 13.2 Å². The van der Waals surface area contributed by atoms with E-state index in [0.717, 1.165) is 5.56 Å². The lowest BCUT2D eigenvalue weighted by Gasteiger charge is -2.11. The molecule has 0 amide bonds. The van der Waals surface area contributed by atoms with Crippen LogP contribution >= 0.6 is 0 Å². The number of benzene rings is 1. The number of halogens is 3. The largest absolute Gasteiger partial charge is 0.573 e. The highest BCUT2D eigenvalue weighted by molar-refractivity contribution is 5.30. The molecule has 0 saturated heterocycles. The molecular formula is C11H15F3O. The molecule has 0 fully saturated rings. The summed E-state index contributed by atoms with van der Waals surface area (Å²) in [6, 6.07) is 6.02. The fourth-order valence-electron chi connectivity index (χ4n) is 1.07. The zero-order chi connectivity index (χ0) is 10.8. The summed E-state index contributed by atoms with van der Waals surface area (Å²) in [5, 5.41) is 0. The number of hydrogen-bond acceptors (Lipinski definition) is 1. The summed E-state index contributed by atoms with van der Waals surface area (Å²) >= 11 is 0. The van der Waals surface area contributed by atoms with E-state index in [1.54, 1.807) is 12.1 Å². The fourth-order valence-corrected chi connectivity index (χ4v) is 1.07. The first-order valence-electron chi connectivity index (χ1n) is 4.24. The monoisotopic (exact) mass is 220 g/mol. The quantitative estimate of drug-likeness (QED) is 0.720. The Morgan fingerprint density at radius 2 is 1.80 bits per heavy atom. The van der Waals surface area contributed by atoms with Crippen molar-refractivity contribution in [3.63, 3.8) is 0 Å². The van der Waals surface area contributed by atoms with Crippen molar-refractivity contribution < 1.29 is 17.9 Å². The van der Waals surface area contributed by atoms with Crippen LogP contribution in [0.4, 0.5) is 13.2 Å². The van der Waals surface area contributed by atoms with Crippen LogP contribution in [0.15, 0.2) is 24.3 Å². The third kappa shape index (κ3) is 4.72. The van der Waals surface area contributed by atoms with Crippen LogP contribution in [-0.4, -0.2) is 6.36 Å². The molecule has 4 heteroatoms. The highest BCUT2D eigenvalue weighted by Gasteiger charge is 2.31. The standard InChI is InChI=1S/C10H11F3O.CH4/c1-7(2)8-4-3-5-9(6-8)14-10(11,12)13;/h3-7H,1-2H3;1H4. The van der Waals surface area contributed by atoms with Crippen molar-refractivity contribution in [2.45, 2.75) is 33.6 Å². The van der Waals surface area contributed by atoms with E-state index in [1.165, 1.54) is 12.1 Å². The maximum atomic E-state index is 11.9. The summed E-state index contributed by atoms with van der Waals surface area (Å²) in [6.07, 6.45) is -4.62. The number of ether oxygens (including phenoxy) is 1. The van der Waals surface area contributed by atoms with Crippen LogP contribution in [-0.2, 0) is 0 Å². The average molecular weight is 220 g/mol. The summed E-state index contributed by atoms with van der Waals surface area (Å²) in [5.41, 5.74) is 0.826. The van der Waals surface area contributed by atoms with E-state index in [0.29, 0.717) is 0 Å². The maximum absolute atomic E-state index is 11.9. The van der Waals surface area contributed by atoms with Gasteiger partial charge in [-0.05, 0) is 23.6 Å². The van der Waals surface area contributed by atoms with E-state index in [2.05, 4.69) is 4.74 Å². The molecule has 1 nitrogen and oxygen atoms in total. The Hall–Kier alpha value is -1.19. The third-order valence-electron chi connectivity index (χ3n) is 1.76. The minimum atomic E-state index is -4.62. The molecule has 0 aliphatic rings. The minimum Gasteiger partial charge on any atom is -0.406 e. The highest BCUT2D eigenvalue weighted by atomic mass is 19.4. The van der Waals surface area contributed by atoms with Crippen LogP contribution in [0.5, 0.6) is 5.75 Å². The maximum Gasteiger partial charge on any atom is 0.573 e. The van der Waals surface area contributed by atoms with Crippen molar-refractivity contribution in [1.82, 2.24) is 0 Å². The summed E-state index contributed by atoms with van der Waals surface area (Å²) in [6.45, 7) is 3.82. The molecule has 0 aliphatic heterocycles. The lowest BCUT2D eigenvalue weighted by Crippen LogP contribution is -2.17. The van der Waals surface area contributed by atoms with Crippen LogP contribution in [0, 0.1) is 0 Å². The van der Waals surface area contributed by atoms with Gasteiger partial charge in [-0.25, -0.2) is 0 Å². The van der Waals surface area contributed by atoms with Gasteiger partial charge in [-0.2, -0.15) is 0 Å². The topological polar surface area (TPSA) is 9.23 Å². The summed E-state index contributed by atoms with van der Waals surface area (Å²) in [7, 11) is 0. The highest BCUT2D eigenvalue weighted by Crippen LogP contribution is 2.25. The Kier molecular flexibility index (Phi) is 4.65. The zero-order valence-electron chi connectivity index (χ0n) is 7.93. The third-order valence-corrected chi connectivity index (χ3v) is 1.76. The van der Waals surface area contributed by atoms with E-state index in [9.17, 15) is 13.2 Å². The first-order valence-corrected chi connectivity index (χ1v) is 4.24. The van der Waals surface area contributed by atoms with Gasteiger partial charge < -0.3 is 4.74 Å². The van der Waals surface area contributed by atoms with Crippen molar-refractivity contribution in [3.05, 3.63) is 29.8 Å². The van der Waals surface area contributed by atoms with Crippen LogP contribution in [0.25, 0.3) is 0 Å². The summed E-state index contributed by atoms with van der Waals surface area (Å²) < 4.78 is 39.3. The molecule has 1 aromatic rings. The molecule has 15 heavy (non-hydrogen) atoms. The van der Waals surface area contributed by atoms with E-state index >= 15 is 0 Å². The van der Waals surface area contributed by atoms with Gasteiger partial charge in [-0.3, -0.25) is 0 Å². The van der Waals surface area contributed by atoms with E-state index in [1.807, 2.05) is 13.8 Å². The number of hydrogen-bond donors (Lipinski definition) is 0. The molecule has 0 atom stereocenters. The molecule has 1 aromatic carbocycles. The Balaban J connectivity index is 0.00000196. The van der Waals surface area contributed by atoms with Crippen molar-refractivity contribution in [1.29, 1.82) is 0 Å². The second-order valence-corrected chi connectivity index (χ2v) is 3.27. The Morgan fingerprint density at radius 3 is 2.27 bits per heavy atom. The molecule has 0 radical (unpaired) electrons. The van der Waals surface area contributed by atoms with Gasteiger partial charge in [0.05, 0.1) is 0 Å². The number of rotatable bonds is 2. The van der Waals surface area contributed by atoms with Crippen LogP contribution < -0.4 is 4.74 Å². The van der Waals surface area contributed by atoms with Crippen molar-refractivity contribution in [2.75, 3.05) is 0 Å². The second kappa shape index (κ2) is 5.05. The van der Waals surface area contributed by atoms with Crippen LogP contribution in [0.1, 0.15) is 32.8 Å². The molecule has 0 spiro atoms. The normalized spacial score (nSPS) is 11.1. The molecule has 0 aliphatic carbocycles. The van der Waals surface area contributed by atoms with Crippen molar-refractivity contribution >= 4 is 0 Å². The SMILES string of the molecule is C.CC(C)c1cccc(OC(F)(F)F)c1. The van der Waals surface area contributed by atoms with Crippen LogP contribution in [0.2, 0.25) is 0 Å². The molecule has 0 bridgehead atoms. The molecule has 0 heterocycles. The molecule has 0 unspecified atom stereocenters. The van der Waals surface area contributed by atoms with Gasteiger partial charge in [-0.1, -0.05) is 33.4 Å². The van der Waals surface area contributed by atoms with Gasteiger partial charge in [0.2, 0.25) is 0 Å². The Bertz CT molecular complexity index is 305. The van der Waals surface area contributed by atoms with Crippen molar-refractivity contribution in [3.8, 4) is 5.75 Å². The first kappa shape index (κ1) is 13.8.